The Morgan fingerprint density at radius 1 is 0.688 bits per heavy atom. The van der Waals surface area contributed by atoms with Crippen molar-refractivity contribution in [2.45, 2.75) is 217 Å². The number of hydrogen-bond donors (Lipinski definition) is 6. The van der Waals surface area contributed by atoms with Gasteiger partial charge < -0.3 is 40.3 Å². The third-order valence-corrected chi connectivity index (χ3v) is 9.61. The maximum absolute atomic E-state index is 12.8. The molecule has 1 aliphatic heterocycles. The van der Waals surface area contributed by atoms with E-state index in [1.54, 1.807) is 6.08 Å². The van der Waals surface area contributed by atoms with Crippen molar-refractivity contribution in [1.82, 2.24) is 5.32 Å². The number of allylic oxidation sites excluding steroid dienone is 1. The summed E-state index contributed by atoms with van der Waals surface area (Å²) in [5, 5.41) is 53.9. The average molecular weight is 686 g/mol. The van der Waals surface area contributed by atoms with Gasteiger partial charge in [0.05, 0.1) is 25.4 Å². The molecule has 284 valence electrons. The Bertz CT molecular complexity index is 766. The van der Waals surface area contributed by atoms with Crippen LogP contribution in [0, 0.1) is 0 Å². The molecule has 48 heavy (non-hydrogen) atoms. The van der Waals surface area contributed by atoms with Gasteiger partial charge in [-0.1, -0.05) is 161 Å². The standard InChI is InChI=1S/C39H75NO8/c1-3-5-7-9-11-13-15-16-17-18-19-20-22-24-26-28-33(42)32(31-47-39-38(46)37(45)36(44)34(30-41)48-39)40-35(43)29-27-25-23-21-14-12-10-8-6-4-2/h26,28,32-34,36-39,41-42,44-46H,3-25,27,29-31H2,1-2H3,(H,40,43)/b28-26+/t32-,33+,34+,36+,37?,38?,39+/m0/s1. The van der Waals surface area contributed by atoms with E-state index in [0.29, 0.717) is 6.42 Å². The zero-order chi connectivity index (χ0) is 35.2. The maximum atomic E-state index is 12.8. The molecule has 0 aromatic rings. The molecule has 0 spiro atoms. The van der Waals surface area contributed by atoms with Crippen molar-refractivity contribution in [3.63, 3.8) is 0 Å². The normalized spacial score (nSPS) is 22.7. The van der Waals surface area contributed by atoms with Crippen LogP contribution in [0.15, 0.2) is 12.2 Å². The quantitative estimate of drug-likeness (QED) is 0.0328. The summed E-state index contributed by atoms with van der Waals surface area (Å²) in [5.74, 6) is -0.180. The molecule has 1 amide bonds. The summed E-state index contributed by atoms with van der Waals surface area (Å²) in [6, 6.07) is -0.795. The molecule has 1 saturated heterocycles. The molecule has 1 aliphatic rings. The van der Waals surface area contributed by atoms with Gasteiger partial charge >= 0.3 is 0 Å². The van der Waals surface area contributed by atoms with E-state index in [4.69, 9.17) is 9.47 Å². The monoisotopic (exact) mass is 686 g/mol. The second-order valence-corrected chi connectivity index (χ2v) is 14.1. The lowest BCUT2D eigenvalue weighted by molar-refractivity contribution is -0.302. The molecular formula is C39H75NO8. The number of aliphatic hydroxyl groups excluding tert-OH is 5. The first-order chi connectivity index (χ1) is 23.3. The van der Waals surface area contributed by atoms with Gasteiger partial charge in [0.2, 0.25) is 5.91 Å². The summed E-state index contributed by atoms with van der Waals surface area (Å²) >= 11 is 0. The lowest BCUT2D eigenvalue weighted by Crippen LogP contribution is -2.60. The van der Waals surface area contributed by atoms with E-state index in [1.165, 1.54) is 116 Å². The molecule has 2 unspecified atom stereocenters. The highest BCUT2D eigenvalue weighted by molar-refractivity contribution is 5.76. The van der Waals surface area contributed by atoms with Crippen molar-refractivity contribution in [2.75, 3.05) is 13.2 Å². The van der Waals surface area contributed by atoms with Crippen molar-refractivity contribution in [3.8, 4) is 0 Å². The van der Waals surface area contributed by atoms with Gasteiger partial charge in [-0.05, 0) is 19.3 Å². The predicted octanol–water partition coefficient (Wildman–Crippen LogP) is 7.00. The molecule has 1 heterocycles. The molecule has 1 fully saturated rings. The first-order valence-electron chi connectivity index (χ1n) is 19.9. The molecular weight excluding hydrogens is 610 g/mol. The number of hydrogen-bond acceptors (Lipinski definition) is 8. The number of ether oxygens (including phenoxy) is 2. The van der Waals surface area contributed by atoms with E-state index in [1.807, 2.05) is 6.08 Å². The predicted molar refractivity (Wildman–Crippen MR) is 194 cm³/mol. The highest BCUT2D eigenvalue weighted by Crippen LogP contribution is 2.22. The van der Waals surface area contributed by atoms with E-state index >= 15 is 0 Å². The van der Waals surface area contributed by atoms with Gasteiger partial charge in [-0.25, -0.2) is 0 Å². The zero-order valence-electron chi connectivity index (χ0n) is 30.7. The largest absolute Gasteiger partial charge is 0.394 e. The fourth-order valence-electron chi connectivity index (χ4n) is 6.33. The van der Waals surface area contributed by atoms with E-state index in [2.05, 4.69) is 19.2 Å². The van der Waals surface area contributed by atoms with Gasteiger partial charge in [0.25, 0.3) is 0 Å². The Kier molecular flexibility index (Phi) is 28.8. The third kappa shape index (κ3) is 21.9. The van der Waals surface area contributed by atoms with Crippen LogP contribution >= 0.6 is 0 Å². The van der Waals surface area contributed by atoms with Gasteiger partial charge in [-0.3, -0.25) is 4.79 Å². The molecule has 1 rings (SSSR count). The van der Waals surface area contributed by atoms with Crippen LogP contribution in [0.2, 0.25) is 0 Å². The van der Waals surface area contributed by atoms with E-state index in [9.17, 15) is 30.3 Å². The van der Waals surface area contributed by atoms with Crippen molar-refractivity contribution >= 4 is 5.91 Å². The molecule has 0 saturated carbocycles. The first-order valence-corrected chi connectivity index (χ1v) is 19.9. The minimum atomic E-state index is -1.56. The van der Waals surface area contributed by atoms with Gasteiger partial charge in [0.1, 0.15) is 24.4 Å². The lowest BCUT2D eigenvalue weighted by atomic mass is 9.99. The van der Waals surface area contributed by atoms with Crippen LogP contribution in [-0.2, 0) is 14.3 Å². The molecule has 6 N–H and O–H groups in total. The number of unbranched alkanes of at least 4 members (excludes halogenated alkanes) is 22. The minimum absolute atomic E-state index is 0.180. The van der Waals surface area contributed by atoms with Crippen molar-refractivity contribution < 1.29 is 39.8 Å². The second-order valence-electron chi connectivity index (χ2n) is 14.1. The molecule has 9 heteroatoms. The van der Waals surface area contributed by atoms with Gasteiger partial charge in [-0.2, -0.15) is 0 Å². The number of rotatable bonds is 32. The lowest BCUT2D eigenvalue weighted by Gasteiger charge is -2.40. The summed E-state index contributed by atoms with van der Waals surface area (Å²) in [5.41, 5.74) is 0. The third-order valence-electron chi connectivity index (χ3n) is 9.61. The minimum Gasteiger partial charge on any atom is -0.394 e. The fraction of sp³-hybridized carbons (Fsp3) is 0.923. The summed E-state index contributed by atoms with van der Waals surface area (Å²) in [6.07, 6.45) is 25.4. The number of amides is 1. The zero-order valence-corrected chi connectivity index (χ0v) is 30.7. The Morgan fingerprint density at radius 2 is 1.15 bits per heavy atom. The summed E-state index contributed by atoms with van der Waals surface area (Å²) < 4.78 is 11.2. The first kappa shape index (κ1) is 45.0. The number of aliphatic hydroxyl groups is 5. The van der Waals surface area contributed by atoms with Gasteiger partial charge in [-0.15, -0.1) is 0 Å². The molecule has 0 aliphatic carbocycles. The van der Waals surface area contributed by atoms with Crippen LogP contribution in [0.4, 0.5) is 0 Å². The highest BCUT2D eigenvalue weighted by atomic mass is 16.7. The summed E-state index contributed by atoms with van der Waals surface area (Å²) in [4.78, 5) is 12.8. The highest BCUT2D eigenvalue weighted by Gasteiger charge is 2.44. The average Bonchev–Trinajstić information content (AvgIpc) is 3.08. The van der Waals surface area contributed by atoms with Crippen LogP contribution in [0.25, 0.3) is 0 Å². The van der Waals surface area contributed by atoms with Crippen LogP contribution in [0.1, 0.15) is 174 Å². The second kappa shape index (κ2) is 30.7. The number of nitrogens with one attached hydrogen (secondary N) is 1. The van der Waals surface area contributed by atoms with E-state index < -0.39 is 49.5 Å². The van der Waals surface area contributed by atoms with E-state index in [0.717, 1.165) is 38.5 Å². The van der Waals surface area contributed by atoms with Crippen molar-refractivity contribution in [1.29, 1.82) is 0 Å². The SMILES string of the molecule is CCCCCCCCCCCCCCC/C=C/[C@@H](O)[C@H](CO[C@@H]1O[C@H](CO)[C@@H](O)C(O)C1O)NC(=O)CCCCCCCCCCCC. The molecule has 0 aromatic carbocycles. The fourth-order valence-corrected chi connectivity index (χ4v) is 6.33. The Morgan fingerprint density at radius 3 is 1.62 bits per heavy atom. The van der Waals surface area contributed by atoms with E-state index in [-0.39, 0.29) is 12.5 Å². The molecule has 0 bridgehead atoms. The van der Waals surface area contributed by atoms with Crippen molar-refractivity contribution in [3.05, 3.63) is 12.2 Å². The summed E-state index contributed by atoms with van der Waals surface area (Å²) in [6.45, 7) is 3.74. The van der Waals surface area contributed by atoms with Crippen molar-refractivity contribution in [2.24, 2.45) is 0 Å². The Hall–Kier alpha value is -1.07. The number of carbonyl (C=O) groups excluding carboxylic acids is 1. The molecule has 0 radical (unpaired) electrons. The van der Waals surface area contributed by atoms with Crippen LogP contribution in [0.3, 0.4) is 0 Å². The Labute approximate surface area is 293 Å². The molecule has 7 atom stereocenters. The number of carbonyl (C=O) groups is 1. The summed E-state index contributed by atoms with van der Waals surface area (Å²) in [7, 11) is 0. The topological polar surface area (TPSA) is 149 Å². The van der Waals surface area contributed by atoms with Crippen LogP contribution in [0.5, 0.6) is 0 Å². The smallest absolute Gasteiger partial charge is 0.220 e. The molecule has 9 nitrogen and oxygen atoms in total. The van der Waals surface area contributed by atoms with Gasteiger partial charge in [0.15, 0.2) is 6.29 Å². The van der Waals surface area contributed by atoms with Crippen LogP contribution < -0.4 is 5.32 Å². The van der Waals surface area contributed by atoms with Crippen LogP contribution in [-0.4, -0.2) is 87.5 Å². The Balaban J connectivity index is 2.43. The van der Waals surface area contributed by atoms with Gasteiger partial charge in [0, 0.05) is 6.42 Å². The molecule has 0 aromatic heterocycles. The maximum Gasteiger partial charge on any atom is 0.220 e.